The Hall–Kier alpha value is -2.98. The average molecular weight is 454 g/mol. The van der Waals surface area contributed by atoms with Gasteiger partial charge in [-0.25, -0.2) is 0 Å². The lowest BCUT2D eigenvalue weighted by molar-refractivity contribution is -0.274. The maximum absolute atomic E-state index is 12.9. The largest absolute Gasteiger partial charge is 0.573 e. The molecule has 1 saturated heterocycles. The van der Waals surface area contributed by atoms with Gasteiger partial charge in [-0.1, -0.05) is 12.1 Å². The van der Waals surface area contributed by atoms with Crippen LogP contribution in [0.3, 0.4) is 0 Å². The number of nitrogens with zero attached hydrogens (tertiary/aromatic N) is 2. The zero-order chi connectivity index (χ0) is 23.1. The molecule has 0 spiro atoms. The average Bonchev–Trinajstić information content (AvgIpc) is 2.78. The second-order valence-electron chi connectivity index (χ2n) is 7.20. The molecule has 0 unspecified atom stereocenters. The number of ether oxygens (including phenoxy) is 3. The van der Waals surface area contributed by atoms with Gasteiger partial charge in [0, 0.05) is 38.3 Å². The van der Waals surface area contributed by atoms with E-state index in [2.05, 4.69) is 9.64 Å². The van der Waals surface area contributed by atoms with E-state index in [1.54, 1.807) is 35.2 Å². The van der Waals surface area contributed by atoms with E-state index in [4.69, 9.17) is 14.6 Å². The first-order valence-corrected chi connectivity index (χ1v) is 10.1. The van der Waals surface area contributed by atoms with Gasteiger partial charge in [0.15, 0.2) is 11.5 Å². The number of rotatable bonds is 8. The Morgan fingerprint density at radius 1 is 1.03 bits per heavy atom. The van der Waals surface area contributed by atoms with Crippen molar-refractivity contribution in [3.05, 3.63) is 53.6 Å². The first-order chi connectivity index (χ1) is 15.3. The van der Waals surface area contributed by atoms with E-state index >= 15 is 0 Å². The van der Waals surface area contributed by atoms with E-state index in [9.17, 15) is 18.0 Å². The van der Waals surface area contributed by atoms with Gasteiger partial charge in [-0.2, -0.15) is 0 Å². The molecular weight excluding hydrogens is 429 g/mol. The summed E-state index contributed by atoms with van der Waals surface area (Å²) in [5, 5.41) is 8.97. The molecule has 1 aliphatic heterocycles. The molecule has 32 heavy (non-hydrogen) atoms. The zero-order valence-electron chi connectivity index (χ0n) is 17.6. The normalized spacial score (nSPS) is 14.8. The third-order valence-corrected chi connectivity index (χ3v) is 4.98. The van der Waals surface area contributed by atoms with E-state index in [1.165, 1.54) is 19.2 Å². The minimum absolute atomic E-state index is 0.0932. The zero-order valence-corrected chi connectivity index (χ0v) is 17.6. The van der Waals surface area contributed by atoms with Gasteiger partial charge >= 0.3 is 6.36 Å². The highest BCUT2D eigenvalue weighted by Crippen LogP contribution is 2.29. The van der Waals surface area contributed by atoms with Crippen LogP contribution in [0.15, 0.2) is 42.5 Å². The van der Waals surface area contributed by atoms with E-state index < -0.39 is 6.36 Å². The molecule has 0 radical (unpaired) electrons. The van der Waals surface area contributed by atoms with Crippen LogP contribution in [0.4, 0.5) is 13.2 Å². The summed E-state index contributed by atoms with van der Waals surface area (Å²) < 4.78 is 51.4. The molecule has 0 aliphatic carbocycles. The number of carbonyl (C=O) groups excluding carboxylic acids is 1. The van der Waals surface area contributed by atoms with Crippen molar-refractivity contribution in [2.45, 2.75) is 12.9 Å². The summed E-state index contributed by atoms with van der Waals surface area (Å²) in [6.45, 7) is 2.82. The SMILES string of the molecule is COc1ccc(C(=O)N2CCN(Cc3ccc(OC(F)(F)F)cc3)CC2)cc1OCCO. The summed E-state index contributed by atoms with van der Waals surface area (Å²) in [6.07, 6.45) is -4.71. The van der Waals surface area contributed by atoms with Crippen LogP contribution in [0.5, 0.6) is 17.2 Å². The maximum atomic E-state index is 12.9. The lowest BCUT2D eigenvalue weighted by Crippen LogP contribution is -2.48. The Morgan fingerprint density at radius 2 is 1.72 bits per heavy atom. The minimum atomic E-state index is -4.71. The van der Waals surface area contributed by atoms with Crippen LogP contribution in [0.2, 0.25) is 0 Å². The topological polar surface area (TPSA) is 71.5 Å². The van der Waals surface area contributed by atoms with Gasteiger partial charge < -0.3 is 24.2 Å². The molecule has 2 aromatic rings. The maximum Gasteiger partial charge on any atom is 0.573 e. The van der Waals surface area contributed by atoms with Crippen molar-refractivity contribution in [1.29, 1.82) is 0 Å². The second-order valence-corrected chi connectivity index (χ2v) is 7.20. The van der Waals surface area contributed by atoms with Crippen LogP contribution < -0.4 is 14.2 Å². The van der Waals surface area contributed by atoms with E-state index in [-0.39, 0.29) is 24.9 Å². The summed E-state index contributed by atoms with van der Waals surface area (Å²) in [5.41, 5.74) is 1.33. The molecule has 1 amide bonds. The Kier molecular flexibility index (Phi) is 7.81. The Bertz CT molecular complexity index is 897. The molecule has 0 atom stereocenters. The minimum Gasteiger partial charge on any atom is -0.493 e. The highest BCUT2D eigenvalue weighted by molar-refractivity contribution is 5.95. The third kappa shape index (κ3) is 6.51. The van der Waals surface area contributed by atoms with Crippen molar-refractivity contribution in [2.75, 3.05) is 46.5 Å². The van der Waals surface area contributed by atoms with Crippen LogP contribution in [-0.2, 0) is 6.54 Å². The predicted molar refractivity (Wildman–Crippen MR) is 110 cm³/mol. The highest BCUT2D eigenvalue weighted by atomic mass is 19.4. The van der Waals surface area contributed by atoms with Crippen LogP contribution >= 0.6 is 0 Å². The quantitative estimate of drug-likeness (QED) is 0.662. The van der Waals surface area contributed by atoms with Crippen molar-refractivity contribution < 1.29 is 37.3 Å². The molecule has 174 valence electrons. The molecule has 0 aromatic heterocycles. The number of amides is 1. The number of hydrogen-bond donors (Lipinski definition) is 1. The third-order valence-electron chi connectivity index (χ3n) is 4.98. The fourth-order valence-electron chi connectivity index (χ4n) is 3.42. The molecule has 1 aliphatic rings. The lowest BCUT2D eigenvalue weighted by Gasteiger charge is -2.35. The number of aliphatic hydroxyl groups excluding tert-OH is 1. The Labute approximate surface area is 183 Å². The monoisotopic (exact) mass is 454 g/mol. The molecule has 10 heteroatoms. The van der Waals surface area contributed by atoms with Crippen molar-refractivity contribution in [1.82, 2.24) is 9.80 Å². The van der Waals surface area contributed by atoms with E-state index in [0.29, 0.717) is 49.8 Å². The summed E-state index contributed by atoms with van der Waals surface area (Å²) in [4.78, 5) is 16.8. The molecule has 7 nitrogen and oxygen atoms in total. The van der Waals surface area contributed by atoms with Crippen molar-refractivity contribution in [3.63, 3.8) is 0 Å². The molecular formula is C22H25F3N2O5. The van der Waals surface area contributed by atoms with Crippen molar-refractivity contribution in [2.24, 2.45) is 0 Å². The van der Waals surface area contributed by atoms with Crippen LogP contribution in [0.1, 0.15) is 15.9 Å². The molecule has 0 bridgehead atoms. The fourth-order valence-corrected chi connectivity index (χ4v) is 3.42. The van der Waals surface area contributed by atoms with E-state index in [1.807, 2.05) is 0 Å². The summed E-state index contributed by atoms with van der Waals surface area (Å²) in [7, 11) is 1.50. The summed E-state index contributed by atoms with van der Waals surface area (Å²) in [5.74, 6) is 0.490. The number of alkyl halides is 3. The van der Waals surface area contributed by atoms with Crippen molar-refractivity contribution in [3.8, 4) is 17.2 Å². The van der Waals surface area contributed by atoms with Crippen LogP contribution in [-0.4, -0.2) is 73.7 Å². The summed E-state index contributed by atoms with van der Waals surface area (Å²) in [6, 6.07) is 10.7. The van der Waals surface area contributed by atoms with Crippen molar-refractivity contribution >= 4 is 5.91 Å². The number of halogens is 3. The van der Waals surface area contributed by atoms with Gasteiger partial charge in [0.25, 0.3) is 5.91 Å². The molecule has 1 N–H and O–H groups in total. The van der Waals surface area contributed by atoms with Crippen LogP contribution in [0.25, 0.3) is 0 Å². The van der Waals surface area contributed by atoms with Gasteiger partial charge in [-0.3, -0.25) is 9.69 Å². The Balaban J connectivity index is 1.54. The molecule has 1 heterocycles. The molecule has 1 fully saturated rings. The smallest absolute Gasteiger partial charge is 0.493 e. The number of carbonyl (C=O) groups is 1. The fraction of sp³-hybridized carbons (Fsp3) is 0.409. The first-order valence-electron chi connectivity index (χ1n) is 10.1. The first kappa shape index (κ1) is 23.7. The number of benzene rings is 2. The van der Waals surface area contributed by atoms with E-state index in [0.717, 1.165) is 5.56 Å². The molecule has 2 aromatic carbocycles. The lowest BCUT2D eigenvalue weighted by atomic mass is 10.1. The number of piperazine rings is 1. The van der Waals surface area contributed by atoms with Crippen LogP contribution in [0, 0.1) is 0 Å². The molecule has 3 rings (SSSR count). The van der Waals surface area contributed by atoms with Gasteiger partial charge in [-0.15, -0.1) is 13.2 Å². The predicted octanol–water partition coefficient (Wildman–Crippen LogP) is 2.92. The second kappa shape index (κ2) is 10.6. The summed E-state index contributed by atoms with van der Waals surface area (Å²) >= 11 is 0. The van der Waals surface area contributed by atoms with Gasteiger partial charge in [-0.05, 0) is 35.9 Å². The standard InChI is InChI=1S/C22H25F3N2O5/c1-30-19-7-4-17(14-20(19)31-13-12-28)21(29)27-10-8-26(9-11-27)15-16-2-5-18(6-3-16)32-22(23,24)25/h2-7,14,28H,8-13,15H2,1H3. The number of aliphatic hydroxyl groups is 1. The number of hydrogen-bond acceptors (Lipinski definition) is 6. The Morgan fingerprint density at radius 3 is 2.31 bits per heavy atom. The highest BCUT2D eigenvalue weighted by Gasteiger charge is 2.31. The van der Waals surface area contributed by atoms with Gasteiger partial charge in [0.05, 0.1) is 13.7 Å². The number of methoxy groups -OCH3 is 1. The molecule has 0 saturated carbocycles. The van der Waals surface area contributed by atoms with Gasteiger partial charge in [0.2, 0.25) is 0 Å². The van der Waals surface area contributed by atoms with Gasteiger partial charge in [0.1, 0.15) is 12.4 Å².